The first kappa shape index (κ1) is 19.2. The molecule has 2 aromatic heterocycles. The lowest BCUT2D eigenvalue weighted by Gasteiger charge is -2.10. The maximum absolute atomic E-state index is 6.28. The maximum Gasteiger partial charge on any atom is 0.282 e. The number of nitrogens with zero attached hydrogens (tertiary/aromatic N) is 5. The molecule has 0 spiro atoms. The van der Waals surface area contributed by atoms with Gasteiger partial charge in [0.15, 0.2) is 11.5 Å². The molecule has 2 heterocycles. The van der Waals surface area contributed by atoms with E-state index in [2.05, 4.69) is 20.5 Å². The molecule has 2 aromatic carbocycles. The van der Waals surface area contributed by atoms with E-state index in [1.165, 1.54) is 4.68 Å². The molecule has 0 amide bonds. The summed E-state index contributed by atoms with van der Waals surface area (Å²) < 4.78 is 22.9. The average Bonchev–Trinajstić information content (AvgIpc) is 3.41. The molecule has 0 aliphatic rings. The number of hydrogen-bond donors (Lipinski definition) is 1. The Hall–Kier alpha value is -4.08. The summed E-state index contributed by atoms with van der Waals surface area (Å²) in [5.41, 5.74) is 7.89. The number of nitrogens with two attached hydrogens (primary N) is 1. The van der Waals surface area contributed by atoms with E-state index in [-0.39, 0.29) is 17.4 Å². The summed E-state index contributed by atoms with van der Waals surface area (Å²) in [7, 11) is 3.13. The first-order chi connectivity index (χ1) is 14.6. The zero-order chi connectivity index (χ0) is 21.1. The van der Waals surface area contributed by atoms with Crippen molar-refractivity contribution in [3.05, 3.63) is 42.5 Å². The lowest BCUT2D eigenvalue weighted by atomic mass is 10.2. The first-order valence-electron chi connectivity index (χ1n) is 9.15. The Morgan fingerprint density at radius 3 is 2.50 bits per heavy atom. The quantitative estimate of drug-likeness (QED) is 0.491. The van der Waals surface area contributed by atoms with E-state index >= 15 is 0 Å². The predicted octanol–water partition coefficient (Wildman–Crippen LogP) is 2.98. The van der Waals surface area contributed by atoms with Crippen molar-refractivity contribution in [2.24, 2.45) is 0 Å². The van der Waals surface area contributed by atoms with E-state index in [4.69, 9.17) is 24.5 Å². The molecule has 0 saturated heterocycles. The Bertz CT molecular complexity index is 1150. The van der Waals surface area contributed by atoms with E-state index in [0.29, 0.717) is 29.6 Å². The molecule has 4 aromatic rings. The second-order valence-electron chi connectivity index (χ2n) is 6.15. The minimum Gasteiger partial charge on any atom is -0.497 e. The normalized spacial score (nSPS) is 10.8. The smallest absolute Gasteiger partial charge is 0.282 e. The van der Waals surface area contributed by atoms with E-state index in [1.807, 2.05) is 31.2 Å². The van der Waals surface area contributed by atoms with Crippen molar-refractivity contribution < 1.29 is 18.7 Å². The van der Waals surface area contributed by atoms with Crippen molar-refractivity contribution in [3.63, 3.8) is 0 Å². The third kappa shape index (κ3) is 3.50. The summed E-state index contributed by atoms with van der Waals surface area (Å²) in [4.78, 5) is 4.40. The van der Waals surface area contributed by atoms with Gasteiger partial charge in [0, 0.05) is 11.6 Å². The highest BCUT2D eigenvalue weighted by molar-refractivity contribution is 5.67. The Morgan fingerprint density at radius 2 is 1.80 bits per heavy atom. The second kappa shape index (κ2) is 8.11. The Labute approximate surface area is 172 Å². The average molecular weight is 408 g/mol. The molecular weight excluding hydrogens is 388 g/mol. The van der Waals surface area contributed by atoms with Crippen LogP contribution in [0.2, 0.25) is 0 Å². The number of hydrogen-bond acceptors (Lipinski definition) is 9. The molecule has 0 fully saturated rings. The van der Waals surface area contributed by atoms with Gasteiger partial charge in [-0.15, -0.1) is 5.10 Å². The third-order valence-electron chi connectivity index (χ3n) is 4.37. The number of methoxy groups -OCH3 is 2. The molecule has 10 heteroatoms. The number of benzene rings is 2. The van der Waals surface area contributed by atoms with Crippen LogP contribution in [0.4, 0.5) is 5.82 Å². The molecule has 0 saturated carbocycles. The van der Waals surface area contributed by atoms with Crippen LogP contribution in [0.5, 0.6) is 17.2 Å². The molecule has 2 N–H and O–H groups in total. The fraction of sp³-hybridized carbons (Fsp3) is 0.200. The van der Waals surface area contributed by atoms with Crippen molar-refractivity contribution in [1.29, 1.82) is 0 Å². The number of rotatable bonds is 7. The van der Waals surface area contributed by atoms with Gasteiger partial charge in [-0.2, -0.15) is 9.67 Å². The summed E-state index contributed by atoms with van der Waals surface area (Å²) >= 11 is 0. The summed E-state index contributed by atoms with van der Waals surface area (Å²) in [6.07, 6.45) is 0. The molecule has 0 radical (unpaired) electrons. The van der Waals surface area contributed by atoms with Crippen LogP contribution < -0.4 is 19.9 Å². The van der Waals surface area contributed by atoms with Crippen molar-refractivity contribution in [3.8, 4) is 45.9 Å². The van der Waals surface area contributed by atoms with Crippen LogP contribution in [0.3, 0.4) is 0 Å². The van der Waals surface area contributed by atoms with Crippen LogP contribution in [-0.2, 0) is 0 Å². The number of aromatic nitrogens is 5. The van der Waals surface area contributed by atoms with Crippen molar-refractivity contribution in [2.45, 2.75) is 6.92 Å². The van der Waals surface area contributed by atoms with Crippen molar-refractivity contribution >= 4 is 5.82 Å². The number of ether oxygens (including phenoxy) is 3. The highest BCUT2D eigenvalue weighted by atomic mass is 16.5. The predicted molar refractivity (Wildman–Crippen MR) is 109 cm³/mol. The van der Waals surface area contributed by atoms with Gasteiger partial charge in [0.2, 0.25) is 5.82 Å². The topological polar surface area (TPSA) is 123 Å². The van der Waals surface area contributed by atoms with Crippen molar-refractivity contribution in [2.75, 3.05) is 26.6 Å². The van der Waals surface area contributed by atoms with Crippen LogP contribution in [0.1, 0.15) is 6.92 Å². The van der Waals surface area contributed by atoms with Gasteiger partial charge in [0.25, 0.3) is 5.89 Å². The van der Waals surface area contributed by atoms with Gasteiger partial charge in [-0.1, -0.05) is 10.4 Å². The van der Waals surface area contributed by atoms with E-state index in [0.717, 1.165) is 11.3 Å². The van der Waals surface area contributed by atoms with Gasteiger partial charge in [-0.05, 0) is 43.3 Å². The molecule has 154 valence electrons. The fourth-order valence-electron chi connectivity index (χ4n) is 2.89. The Kier molecular flexibility index (Phi) is 5.21. The highest BCUT2D eigenvalue weighted by Crippen LogP contribution is 2.32. The van der Waals surface area contributed by atoms with Gasteiger partial charge in [0.1, 0.15) is 22.9 Å². The molecule has 0 bridgehead atoms. The number of anilines is 1. The third-order valence-corrected chi connectivity index (χ3v) is 4.37. The Balaban J connectivity index is 1.67. The van der Waals surface area contributed by atoms with Gasteiger partial charge in [0.05, 0.1) is 20.8 Å². The fourth-order valence-corrected chi connectivity index (χ4v) is 2.89. The lowest BCUT2D eigenvalue weighted by Crippen LogP contribution is -2.05. The maximum atomic E-state index is 6.28. The zero-order valence-corrected chi connectivity index (χ0v) is 16.7. The summed E-state index contributed by atoms with van der Waals surface area (Å²) in [6.45, 7) is 2.52. The molecule has 30 heavy (non-hydrogen) atoms. The SMILES string of the molecule is CCOc1ccc(-c2noc(-c3nnn(-c4cc(OC)ccc4OC)c3N)n2)cc1. The molecule has 0 atom stereocenters. The summed E-state index contributed by atoms with van der Waals surface area (Å²) in [6, 6.07) is 12.7. The Morgan fingerprint density at radius 1 is 1.03 bits per heavy atom. The summed E-state index contributed by atoms with van der Waals surface area (Å²) in [5, 5.41) is 12.3. The van der Waals surface area contributed by atoms with E-state index in [1.54, 1.807) is 32.4 Å². The minimum absolute atomic E-state index is 0.157. The van der Waals surface area contributed by atoms with Crippen molar-refractivity contribution in [1.82, 2.24) is 25.1 Å². The second-order valence-corrected chi connectivity index (χ2v) is 6.15. The number of nitrogen functional groups attached to an aromatic ring is 1. The monoisotopic (exact) mass is 408 g/mol. The van der Waals surface area contributed by atoms with Gasteiger partial charge in [-0.25, -0.2) is 0 Å². The lowest BCUT2D eigenvalue weighted by molar-refractivity contribution is 0.340. The molecule has 4 rings (SSSR count). The molecule has 0 aliphatic carbocycles. The largest absolute Gasteiger partial charge is 0.497 e. The van der Waals surface area contributed by atoms with Crippen LogP contribution in [0.15, 0.2) is 47.0 Å². The van der Waals surface area contributed by atoms with Crippen LogP contribution in [-0.4, -0.2) is 46.0 Å². The highest BCUT2D eigenvalue weighted by Gasteiger charge is 2.21. The van der Waals surface area contributed by atoms with Crippen LogP contribution in [0.25, 0.3) is 28.7 Å². The molecule has 0 unspecified atom stereocenters. The van der Waals surface area contributed by atoms with E-state index < -0.39 is 0 Å². The van der Waals surface area contributed by atoms with Crippen LogP contribution >= 0.6 is 0 Å². The van der Waals surface area contributed by atoms with Gasteiger partial charge in [-0.3, -0.25) is 0 Å². The van der Waals surface area contributed by atoms with Gasteiger partial charge >= 0.3 is 0 Å². The van der Waals surface area contributed by atoms with Gasteiger partial charge < -0.3 is 24.5 Å². The first-order valence-corrected chi connectivity index (χ1v) is 9.15. The zero-order valence-electron chi connectivity index (χ0n) is 16.7. The summed E-state index contributed by atoms with van der Waals surface area (Å²) in [5.74, 6) is 2.73. The molecule has 10 nitrogen and oxygen atoms in total. The van der Waals surface area contributed by atoms with E-state index in [9.17, 15) is 0 Å². The van der Waals surface area contributed by atoms with Crippen LogP contribution in [0, 0.1) is 0 Å². The molecule has 0 aliphatic heterocycles. The standard InChI is InChI=1S/C20H20N6O4/c1-4-29-13-7-5-12(6-8-13)19-22-20(30-24-19)17-18(21)26(25-23-17)15-11-14(27-2)9-10-16(15)28-3/h5-11H,4,21H2,1-3H3. The minimum atomic E-state index is 0.157. The molecular formula is C20H20N6O4.